The van der Waals surface area contributed by atoms with Crippen molar-refractivity contribution in [2.75, 3.05) is 6.54 Å². The lowest BCUT2D eigenvalue weighted by Crippen LogP contribution is -2.60. The van der Waals surface area contributed by atoms with E-state index >= 15 is 0 Å². The van der Waals surface area contributed by atoms with Crippen molar-refractivity contribution in [2.24, 2.45) is 5.73 Å². The Bertz CT molecular complexity index is 1510. The molecule has 15 heteroatoms. The fourth-order valence-corrected chi connectivity index (χ4v) is 6.21. The maximum absolute atomic E-state index is 13.7. The number of guanidine groups is 1. The molecule has 3 unspecified atom stereocenters. The molecule has 0 spiro atoms. The number of hydrogen-bond donors (Lipinski definition) is 8. The first-order chi connectivity index (χ1) is 23.5. The number of carbonyl (C=O) groups excluding carboxylic acids is 5. The summed E-state index contributed by atoms with van der Waals surface area (Å²) in [6.07, 6.45) is 1.75. The lowest BCUT2D eigenvalue weighted by atomic mass is 9.97. The predicted octanol–water partition coefficient (Wildman–Crippen LogP) is -0.109. The highest BCUT2D eigenvalue weighted by molar-refractivity contribution is 5.97. The van der Waals surface area contributed by atoms with Gasteiger partial charge in [0.25, 0.3) is 0 Å². The largest absolute Gasteiger partial charge is 0.481 e. The third-order valence-electron chi connectivity index (χ3n) is 8.63. The van der Waals surface area contributed by atoms with Crippen molar-refractivity contribution in [1.82, 2.24) is 31.5 Å². The van der Waals surface area contributed by atoms with Crippen LogP contribution in [-0.4, -0.2) is 88.2 Å². The molecule has 0 aromatic heterocycles. The molecule has 262 valence electrons. The number of rotatable bonds is 16. The Morgan fingerprint density at radius 2 is 1.51 bits per heavy atom. The fraction of sp³-hybridized carbons (Fsp3) is 0.441. The number of nitrogens with one attached hydrogen (secondary N) is 6. The molecule has 2 saturated heterocycles. The molecule has 4 rings (SSSR count). The van der Waals surface area contributed by atoms with Gasteiger partial charge in [-0.25, -0.2) is 0 Å². The van der Waals surface area contributed by atoms with Crippen LogP contribution in [0.5, 0.6) is 0 Å². The van der Waals surface area contributed by atoms with Gasteiger partial charge in [-0.1, -0.05) is 60.7 Å². The van der Waals surface area contributed by atoms with Crippen molar-refractivity contribution in [3.05, 3.63) is 71.8 Å². The monoisotopic (exact) mass is 676 g/mol. The summed E-state index contributed by atoms with van der Waals surface area (Å²) >= 11 is 0. The van der Waals surface area contributed by atoms with E-state index in [2.05, 4.69) is 26.6 Å². The van der Waals surface area contributed by atoms with Crippen molar-refractivity contribution in [3.63, 3.8) is 0 Å². The smallest absolute Gasteiger partial charge is 0.305 e. The molecule has 2 fully saturated rings. The molecule has 2 aromatic carbocycles. The van der Waals surface area contributed by atoms with Gasteiger partial charge in [-0.3, -0.25) is 34.2 Å². The quantitative estimate of drug-likeness (QED) is 0.0672. The minimum atomic E-state index is -1.43. The lowest BCUT2D eigenvalue weighted by Gasteiger charge is -2.38. The van der Waals surface area contributed by atoms with Gasteiger partial charge in [0.05, 0.1) is 12.8 Å². The molecule has 2 aliphatic rings. The molecule has 0 saturated carbocycles. The van der Waals surface area contributed by atoms with E-state index < -0.39 is 54.3 Å². The molecule has 5 atom stereocenters. The minimum Gasteiger partial charge on any atom is -0.481 e. The number of fused-ring (bicyclic) bond motifs is 1. The van der Waals surface area contributed by atoms with Gasteiger partial charge in [0.15, 0.2) is 5.96 Å². The summed E-state index contributed by atoms with van der Waals surface area (Å²) in [4.78, 5) is 79.7. The summed E-state index contributed by atoms with van der Waals surface area (Å²) in [6, 6.07) is 13.6. The van der Waals surface area contributed by atoms with Gasteiger partial charge in [-0.05, 0) is 49.7 Å². The number of carbonyl (C=O) groups is 6. The average Bonchev–Trinajstić information content (AvgIpc) is 3.52. The number of nitrogens with zero attached hydrogens (tertiary/aromatic N) is 1. The van der Waals surface area contributed by atoms with E-state index in [0.717, 1.165) is 11.1 Å². The maximum Gasteiger partial charge on any atom is 0.305 e. The molecular formula is C34H44N8O7. The summed E-state index contributed by atoms with van der Waals surface area (Å²) in [5, 5.41) is 30.1. The summed E-state index contributed by atoms with van der Waals surface area (Å²) in [5.41, 5.74) is 6.95. The average molecular weight is 677 g/mol. The molecule has 2 aliphatic heterocycles. The van der Waals surface area contributed by atoms with Crippen LogP contribution in [-0.2, 0) is 41.7 Å². The van der Waals surface area contributed by atoms with Gasteiger partial charge in [-0.15, -0.1) is 0 Å². The Balaban J connectivity index is 1.42. The van der Waals surface area contributed by atoms with Crippen LogP contribution in [0.25, 0.3) is 0 Å². The Kier molecular flexibility index (Phi) is 13.1. The first-order valence-corrected chi connectivity index (χ1v) is 16.4. The first-order valence-electron chi connectivity index (χ1n) is 16.4. The third-order valence-corrected chi connectivity index (χ3v) is 8.63. The van der Waals surface area contributed by atoms with Crippen molar-refractivity contribution in [1.29, 1.82) is 5.41 Å². The molecule has 0 bridgehead atoms. The van der Waals surface area contributed by atoms with Crippen molar-refractivity contribution < 1.29 is 33.9 Å². The number of nitrogens with two attached hydrogens (primary N) is 1. The summed E-state index contributed by atoms with van der Waals surface area (Å²) in [6.45, 7) is 0.328. The number of aliphatic carboxylic acids is 1. The molecule has 0 aliphatic carbocycles. The van der Waals surface area contributed by atoms with Crippen molar-refractivity contribution in [2.45, 2.75) is 88.1 Å². The number of hydrogen-bond acceptors (Lipinski definition) is 7. The normalized spacial score (nSPS) is 19.5. The standard InChI is InChI=1S/C34H44N8O7/c35-34(36)37-17-7-12-24(31(47)41-26(19-29(44)45)30(46)38-20-22-10-5-2-6-11-22)40-32(48)27-16-14-23-13-15-25(33(49)42(23)27)39-28(43)18-21-8-3-1-4-9-21/h1-6,8-11,23-27H,7,12-20H2,(H,38,46)(H,39,43)(H,40,48)(H,41,47)(H,44,45)(H4,35,36,37)/t23?,24?,25?,26-,27-/m0/s1. The van der Waals surface area contributed by atoms with Gasteiger partial charge in [-0.2, -0.15) is 0 Å². The van der Waals surface area contributed by atoms with Crippen LogP contribution in [0, 0.1) is 5.41 Å². The van der Waals surface area contributed by atoms with E-state index in [-0.39, 0.29) is 56.2 Å². The van der Waals surface area contributed by atoms with Crippen molar-refractivity contribution in [3.8, 4) is 0 Å². The molecule has 5 amide bonds. The van der Waals surface area contributed by atoms with E-state index in [4.69, 9.17) is 11.1 Å². The number of carboxylic acid groups (broad SMARTS) is 1. The topological polar surface area (TPSA) is 236 Å². The van der Waals surface area contributed by atoms with Gasteiger partial charge >= 0.3 is 5.97 Å². The molecule has 15 nitrogen and oxygen atoms in total. The molecule has 9 N–H and O–H groups in total. The third kappa shape index (κ3) is 10.8. The zero-order chi connectivity index (χ0) is 35.3. The summed E-state index contributed by atoms with van der Waals surface area (Å²) in [7, 11) is 0. The lowest BCUT2D eigenvalue weighted by molar-refractivity contribution is -0.146. The van der Waals surface area contributed by atoms with E-state index in [1.165, 1.54) is 4.90 Å². The van der Waals surface area contributed by atoms with Gasteiger partial charge in [0.2, 0.25) is 29.5 Å². The zero-order valence-corrected chi connectivity index (χ0v) is 27.2. The summed E-state index contributed by atoms with van der Waals surface area (Å²) < 4.78 is 0. The Hall–Kier alpha value is -5.47. The van der Waals surface area contributed by atoms with Crippen LogP contribution in [0.3, 0.4) is 0 Å². The molecule has 2 aromatic rings. The van der Waals surface area contributed by atoms with Gasteiger partial charge in [0, 0.05) is 19.1 Å². The van der Waals surface area contributed by atoms with Crippen LogP contribution in [0.2, 0.25) is 0 Å². The second-order valence-corrected chi connectivity index (χ2v) is 12.3. The molecule has 0 radical (unpaired) electrons. The number of amides is 5. The van der Waals surface area contributed by atoms with Crippen molar-refractivity contribution >= 4 is 41.5 Å². The Labute approximate surface area is 284 Å². The molecule has 49 heavy (non-hydrogen) atoms. The van der Waals surface area contributed by atoms with E-state index in [1.807, 2.05) is 36.4 Å². The highest BCUT2D eigenvalue weighted by Gasteiger charge is 2.47. The van der Waals surface area contributed by atoms with Gasteiger partial charge in [0.1, 0.15) is 24.2 Å². The minimum absolute atomic E-state index is 0.0611. The number of benzene rings is 2. The predicted molar refractivity (Wildman–Crippen MR) is 179 cm³/mol. The highest BCUT2D eigenvalue weighted by Crippen LogP contribution is 2.33. The Morgan fingerprint density at radius 1 is 0.857 bits per heavy atom. The van der Waals surface area contributed by atoms with E-state index in [0.29, 0.717) is 25.7 Å². The fourth-order valence-electron chi connectivity index (χ4n) is 6.21. The molecule has 2 heterocycles. The van der Waals surface area contributed by atoms with E-state index in [9.17, 15) is 33.9 Å². The van der Waals surface area contributed by atoms with Crippen LogP contribution in [0.4, 0.5) is 0 Å². The number of carboxylic acids is 1. The van der Waals surface area contributed by atoms with Gasteiger partial charge < -0.3 is 42.3 Å². The zero-order valence-electron chi connectivity index (χ0n) is 27.2. The second-order valence-electron chi connectivity index (χ2n) is 12.3. The van der Waals surface area contributed by atoms with Crippen LogP contribution in [0.1, 0.15) is 56.1 Å². The van der Waals surface area contributed by atoms with Crippen LogP contribution < -0.4 is 32.3 Å². The maximum atomic E-state index is 13.7. The van der Waals surface area contributed by atoms with Crippen LogP contribution in [0.15, 0.2) is 60.7 Å². The Morgan fingerprint density at radius 3 is 2.16 bits per heavy atom. The summed E-state index contributed by atoms with van der Waals surface area (Å²) in [5.74, 6) is -4.30. The second kappa shape index (κ2) is 17.6. The SMILES string of the molecule is N=C(N)NCCCC(NC(=O)[C@@H]1CCC2CCC(NC(=O)Cc3ccccc3)C(=O)N21)C(=O)N[C@@H](CC(=O)O)C(=O)NCc1ccccc1. The first kappa shape index (κ1) is 36.4. The molecular weight excluding hydrogens is 632 g/mol. The van der Waals surface area contributed by atoms with Crippen LogP contribution >= 0.6 is 0 Å². The van der Waals surface area contributed by atoms with E-state index in [1.54, 1.807) is 24.3 Å². The highest BCUT2D eigenvalue weighted by atomic mass is 16.4. The number of piperidine rings is 1.